The maximum atomic E-state index is 12.7. The fourth-order valence-electron chi connectivity index (χ4n) is 4.25. The third-order valence-electron chi connectivity index (χ3n) is 6.42. The van der Waals surface area contributed by atoms with Crippen LogP contribution in [-0.2, 0) is 15.0 Å². The molecular formula is C27H32N2O3. The summed E-state index contributed by atoms with van der Waals surface area (Å²) in [5.41, 5.74) is 4.12. The molecule has 1 amide bonds. The number of hydrogen-bond acceptors (Lipinski definition) is 4. The number of oxime groups is 1. The van der Waals surface area contributed by atoms with Gasteiger partial charge in [0.15, 0.2) is 0 Å². The Morgan fingerprint density at radius 2 is 1.84 bits per heavy atom. The number of ether oxygens (including phenoxy) is 1. The number of rotatable bonds is 4. The maximum absolute atomic E-state index is 12.7. The van der Waals surface area contributed by atoms with E-state index in [1.807, 2.05) is 35.2 Å². The van der Waals surface area contributed by atoms with Crippen molar-refractivity contribution in [2.75, 3.05) is 20.2 Å². The number of likely N-dealkylation sites (tertiary alicyclic amines) is 1. The largest absolute Gasteiger partial charge is 0.497 e. The molecule has 2 aromatic rings. The van der Waals surface area contributed by atoms with E-state index in [-0.39, 0.29) is 16.9 Å². The molecule has 0 aromatic heterocycles. The first-order chi connectivity index (χ1) is 15.3. The number of nitrogens with zero attached hydrogens (tertiary/aromatic N) is 2. The van der Waals surface area contributed by atoms with E-state index in [4.69, 9.17) is 9.57 Å². The minimum atomic E-state index is -0.304. The molecule has 0 N–H and O–H groups in total. The maximum Gasteiger partial charge on any atom is 0.246 e. The first kappa shape index (κ1) is 22.1. The molecule has 0 unspecified atom stereocenters. The van der Waals surface area contributed by atoms with Crippen LogP contribution < -0.4 is 4.74 Å². The molecule has 1 spiro atoms. The van der Waals surface area contributed by atoms with Crippen molar-refractivity contribution in [2.45, 2.75) is 51.0 Å². The van der Waals surface area contributed by atoms with Crippen LogP contribution in [-0.4, -0.2) is 42.3 Å². The summed E-state index contributed by atoms with van der Waals surface area (Å²) in [6.07, 6.45) is 5.90. The fraction of sp³-hybridized carbons (Fsp3) is 0.407. The smallest absolute Gasteiger partial charge is 0.246 e. The Hall–Kier alpha value is -3.08. The third kappa shape index (κ3) is 4.87. The molecule has 0 radical (unpaired) electrons. The van der Waals surface area contributed by atoms with Crippen molar-refractivity contribution in [3.63, 3.8) is 0 Å². The van der Waals surface area contributed by atoms with Gasteiger partial charge in [-0.25, -0.2) is 0 Å². The average Bonchev–Trinajstić information content (AvgIpc) is 3.21. The monoisotopic (exact) mass is 432 g/mol. The minimum absolute atomic E-state index is 0.0479. The second-order valence-corrected chi connectivity index (χ2v) is 9.75. The lowest BCUT2D eigenvalue weighted by atomic mass is 9.85. The van der Waals surface area contributed by atoms with Gasteiger partial charge in [0.2, 0.25) is 5.91 Å². The lowest BCUT2D eigenvalue weighted by Crippen LogP contribution is -2.46. The molecule has 4 rings (SSSR count). The van der Waals surface area contributed by atoms with Gasteiger partial charge in [-0.15, -0.1) is 0 Å². The molecular weight excluding hydrogens is 400 g/mol. The number of carbonyl (C=O) groups excluding carboxylic acids is 1. The molecule has 0 aliphatic carbocycles. The van der Waals surface area contributed by atoms with Crippen LogP contribution >= 0.6 is 0 Å². The number of carbonyl (C=O) groups is 1. The average molecular weight is 433 g/mol. The van der Waals surface area contributed by atoms with E-state index in [9.17, 15) is 4.79 Å². The summed E-state index contributed by atoms with van der Waals surface area (Å²) in [5.74, 6) is 0.859. The van der Waals surface area contributed by atoms with Crippen LogP contribution in [0.15, 0.2) is 59.8 Å². The molecule has 0 atom stereocenters. The van der Waals surface area contributed by atoms with Crippen molar-refractivity contribution < 1.29 is 14.4 Å². The van der Waals surface area contributed by atoms with Crippen molar-refractivity contribution in [3.8, 4) is 5.75 Å². The molecule has 0 bridgehead atoms. The summed E-state index contributed by atoms with van der Waals surface area (Å²) in [7, 11) is 1.66. The highest BCUT2D eigenvalue weighted by atomic mass is 16.7. The zero-order chi connectivity index (χ0) is 22.8. The van der Waals surface area contributed by atoms with E-state index in [0.29, 0.717) is 13.1 Å². The van der Waals surface area contributed by atoms with Crippen LogP contribution in [0, 0.1) is 0 Å². The Labute approximate surface area is 190 Å². The Kier molecular flexibility index (Phi) is 6.09. The summed E-state index contributed by atoms with van der Waals surface area (Å²) >= 11 is 0. The Bertz CT molecular complexity index is 1020. The second kappa shape index (κ2) is 8.81. The summed E-state index contributed by atoms with van der Waals surface area (Å²) in [5, 5.41) is 4.37. The van der Waals surface area contributed by atoms with Crippen molar-refractivity contribution in [1.82, 2.24) is 4.90 Å². The zero-order valence-corrected chi connectivity index (χ0v) is 19.4. The highest BCUT2D eigenvalue weighted by Crippen LogP contribution is 2.36. The van der Waals surface area contributed by atoms with Crippen molar-refractivity contribution in [1.29, 1.82) is 0 Å². The fourth-order valence-corrected chi connectivity index (χ4v) is 4.25. The highest BCUT2D eigenvalue weighted by Gasteiger charge is 2.42. The molecule has 0 saturated carbocycles. The van der Waals surface area contributed by atoms with Gasteiger partial charge in [0, 0.05) is 44.0 Å². The van der Waals surface area contributed by atoms with Crippen molar-refractivity contribution in [3.05, 3.63) is 71.3 Å². The number of amides is 1. The van der Waals surface area contributed by atoms with E-state index in [2.05, 4.69) is 50.2 Å². The number of hydrogen-bond donors (Lipinski definition) is 0. The highest BCUT2D eigenvalue weighted by molar-refractivity contribution is 6.02. The Morgan fingerprint density at radius 3 is 2.50 bits per heavy atom. The summed E-state index contributed by atoms with van der Waals surface area (Å²) in [6.45, 7) is 7.94. The molecule has 2 aliphatic heterocycles. The lowest BCUT2D eigenvalue weighted by Gasteiger charge is -2.36. The van der Waals surface area contributed by atoms with E-state index < -0.39 is 0 Å². The van der Waals surface area contributed by atoms with Crippen LogP contribution in [0.4, 0.5) is 0 Å². The van der Waals surface area contributed by atoms with Gasteiger partial charge in [0.1, 0.15) is 11.4 Å². The first-order valence-corrected chi connectivity index (χ1v) is 11.3. The SMILES string of the molecule is COc1cccc(C2=NOC3(CCN(C(=O)C=Cc4ccc(C(C)(C)C)cc4)CC3)C2)c1. The molecule has 5 nitrogen and oxygen atoms in total. The van der Waals surface area contributed by atoms with Gasteiger partial charge in [0.05, 0.1) is 12.8 Å². The predicted octanol–water partition coefficient (Wildman–Crippen LogP) is 5.19. The van der Waals surface area contributed by atoms with Gasteiger partial charge in [-0.1, -0.05) is 62.3 Å². The van der Waals surface area contributed by atoms with Crippen LogP contribution in [0.25, 0.3) is 6.08 Å². The van der Waals surface area contributed by atoms with E-state index >= 15 is 0 Å². The van der Waals surface area contributed by atoms with Crippen LogP contribution in [0.2, 0.25) is 0 Å². The second-order valence-electron chi connectivity index (χ2n) is 9.75. The molecule has 2 aromatic carbocycles. The molecule has 32 heavy (non-hydrogen) atoms. The summed E-state index contributed by atoms with van der Waals surface area (Å²) in [4.78, 5) is 20.5. The lowest BCUT2D eigenvalue weighted by molar-refractivity contribution is -0.131. The molecule has 5 heteroatoms. The molecule has 2 heterocycles. The van der Waals surface area contributed by atoms with Crippen LogP contribution in [0.1, 0.15) is 56.7 Å². The first-order valence-electron chi connectivity index (χ1n) is 11.3. The third-order valence-corrected chi connectivity index (χ3v) is 6.42. The number of methoxy groups -OCH3 is 1. The van der Waals surface area contributed by atoms with E-state index in [0.717, 1.165) is 41.9 Å². The normalized spacial score (nSPS) is 18.0. The molecule has 2 aliphatic rings. The van der Waals surface area contributed by atoms with Gasteiger partial charge in [-0.2, -0.15) is 0 Å². The van der Waals surface area contributed by atoms with Gasteiger partial charge >= 0.3 is 0 Å². The standard InChI is InChI=1S/C27H32N2O3/c1-26(2,3)22-11-8-20(9-12-22)10-13-25(30)29-16-14-27(15-17-29)19-24(28-32-27)21-6-5-7-23(18-21)31-4/h5-13,18H,14-17,19H2,1-4H3. The topological polar surface area (TPSA) is 51.1 Å². The summed E-state index contributed by atoms with van der Waals surface area (Å²) < 4.78 is 5.32. The zero-order valence-electron chi connectivity index (χ0n) is 19.4. The van der Waals surface area contributed by atoms with Crippen LogP contribution in [0.5, 0.6) is 5.75 Å². The Morgan fingerprint density at radius 1 is 1.12 bits per heavy atom. The predicted molar refractivity (Wildman–Crippen MR) is 128 cm³/mol. The van der Waals surface area contributed by atoms with E-state index in [1.54, 1.807) is 13.2 Å². The quantitative estimate of drug-likeness (QED) is 0.625. The van der Waals surface area contributed by atoms with Gasteiger partial charge < -0.3 is 14.5 Å². The van der Waals surface area contributed by atoms with E-state index in [1.165, 1.54) is 5.56 Å². The van der Waals surface area contributed by atoms with Gasteiger partial charge in [-0.05, 0) is 34.8 Å². The number of benzene rings is 2. The Balaban J connectivity index is 1.32. The van der Waals surface area contributed by atoms with Gasteiger partial charge in [-0.3, -0.25) is 4.79 Å². The van der Waals surface area contributed by atoms with Crippen molar-refractivity contribution >= 4 is 17.7 Å². The summed E-state index contributed by atoms with van der Waals surface area (Å²) in [6, 6.07) is 16.3. The van der Waals surface area contributed by atoms with Gasteiger partial charge in [0.25, 0.3) is 0 Å². The minimum Gasteiger partial charge on any atom is -0.497 e. The number of piperidine rings is 1. The van der Waals surface area contributed by atoms with Crippen molar-refractivity contribution in [2.24, 2.45) is 5.16 Å². The molecule has 1 saturated heterocycles. The van der Waals surface area contributed by atoms with Crippen LogP contribution in [0.3, 0.4) is 0 Å². The molecule has 168 valence electrons. The molecule has 1 fully saturated rings.